The summed E-state index contributed by atoms with van der Waals surface area (Å²) in [5.41, 5.74) is 6.38. The van der Waals surface area contributed by atoms with Crippen LogP contribution in [0.1, 0.15) is 107 Å². The molecule has 0 radical (unpaired) electrons. The number of fused-ring (bicyclic) bond motifs is 1. The molecule has 3 nitrogen and oxygen atoms in total. The van der Waals surface area contributed by atoms with Crippen LogP contribution in [0.5, 0.6) is 0 Å². The maximum Gasteiger partial charge on any atom is 0.190 e. The first-order chi connectivity index (χ1) is 16.1. The molecule has 34 heavy (non-hydrogen) atoms. The highest BCUT2D eigenvalue weighted by molar-refractivity contribution is 6.26. The topological polar surface area (TPSA) is 46.7 Å². The van der Waals surface area contributed by atoms with Crippen LogP contribution in [0.25, 0.3) is 0 Å². The summed E-state index contributed by atoms with van der Waals surface area (Å²) in [5.74, 6) is -0.0369. The van der Waals surface area contributed by atoms with Crippen LogP contribution in [0.4, 0.5) is 0 Å². The van der Waals surface area contributed by atoms with Crippen LogP contribution < -0.4 is 0 Å². The summed E-state index contributed by atoms with van der Waals surface area (Å²) in [6.45, 7) is 12.6. The van der Waals surface area contributed by atoms with E-state index in [0.717, 1.165) is 38.5 Å². The van der Waals surface area contributed by atoms with Crippen molar-refractivity contribution in [2.75, 3.05) is 0 Å². The highest BCUT2D eigenvalue weighted by Crippen LogP contribution is 2.43. The number of hydrogen-bond acceptors (Lipinski definition) is 3. The molecule has 2 unspecified atom stereocenters. The molecule has 1 fully saturated rings. The van der Waals surface area contributed by atoms with Crippen molar-refractivity contribution in [1.29, 1.82) is 0 Å². The smallest absolute Gasteiger partial charge is 0.190 e. The lowest BCUT2D eigenvalue weighted by Crippen LogP contribution is -2.20. The van der Waals surface area contributed by atoms with Gasteiger partial charge in [-0.2, -0.15) is 0 Å². The van der Waals surface area contributed by atoms with Crippen molar-refractivity contribution in [2.24, 2.45) is 0 Å². The van der Waals surface area contributed by atoms with Crippen LogP contribution >= 0.6 is 0 Å². The van der Waals surface area contributed by atoms with Crippen LogP contribution in [-0.4, -0.2) is 23.3 Å². The Kier molecular flexibility index (Phi) is 8.65. The second-order valence-electron chi connectivity index (χ2n) is 10.4. The van der Waals surface area contributed by atoms with Gasteiger partial charge < -0.3 is 4.74 Å². The van der Waals surface area contributed by atoms with Crippen LogP contribution in [0.2, 0.25) is 0 Å². The lowest BCUT2D eigenvalue weighted by Gasteiger charge is -2.18. The van der Waals surface area contributed by atoms with Crippen molar-refractivity contribution in [1.82, 2.24) is 0 Å². The standard InChI is InChI=1S/C31H40O3/c1-21(2)11-10-20-31(6)28(34-31)19-17-23(4)13-9-12-22(3)16-18-25-24(5)29(32)26-14-7-8-15-27(26)30(25)33/h7-8,11,13-16,28H,9-10,12,17-20H2,1-6H3/b22-16+,23-13+. The average molecular weight is 461 g/mol. The molecule has 1 aliphatic heterocycles. The first-order valence-corrected chi connectivity index (χ1v) is 12.6. The molecule has 1 saturated heterocycles. The van der Waals surface area contributed by atoms with Gasteiger partial charge in [-0.05, 0) is 86.5 Å². The maximum atomic E-state index is 12.9. The lowest BCUT2D eigenvalue weighted by atomic mass is 9.83. The summed E-state index contributed by atoms with van der Waals surface area (Å²) in [6.07, 6.45) is 14.0. The van der Waals surface area contributed by atoms with Gasteiger partial charge in [-0.15, -0.1) is 0 Å². The number of allylic oxidation sites excluding steroid dienone is 8. The molecule has 0 amide bonds. The normalized spacial score (nSPS) is 22.7. The van der Waals surface area contributed by atoms with E-state index >= 15 is 0 Å². The molecule has 2 atom stereocenters. The first kappa shape index (κ1) is 26.1. The molecular formula is C31H40O3. The summed E-state index contributed by atoms with van der Waals surface area (Å²) in [5, 5.41) is 0. The van der Waals surface area contributed by atoms with Gasteiger partial charge in [0.15, 0.2) is 11.6 Å². The summed E-state index contributed by atoms with van der Waals surface area (Å²) in [6, 6.07) is 7.12. The Bertz CT molecular complexity index is 1060. The van der Waals surface area contributed by atoms with Crippen molar-refractivity contribution in [3.8, 4) is 0 Å². The van der Waals surface area contributed by atoms with Crippen molar-refractivity contribution in [2.45, 2.75) is 98.2 Å². The van der Waals surface area contributed by atoms with E-state index in [2.05, 4.69) is 52.8 Å². The van der Waals surface area contributed by atoms with Gasteiger partial charge in [0.1, 0.15) is 0 Å². The van der Waals surface area contributed by atoms with Crippen LogP contribution in [0.15, 0.2) is 70.4 Å². The maximum absolute atomic E-state index is 12.9. The third-order valence-corrected chi connectivity index (χ3v) is 7.20. The molecule has 182 valence electrons. The minimum Gasteiger partial charge on any atom is -0.366 e. The zero-order chi connectivity index (χ0) is 24.9. The largest absolute Gasteiger partial charge is 0.366 e. The second kappa shape index (κ2) is 11.3. The molecule has 0 N–H and O–H groups in total. The van der Waals surface area contributed by atoms with E-state index in [1.807, 2.05) is 12.1 Å². The molecular weight excluding hydrogens is 420 g/mol. The summed E-state index contributed by atoms with van der Waals surface area (Å²) in [4.78, 5) is 25.5. The van der Waals surface area contributed by atoms with E-state index in [1.54, 1.807) is 19.1 Å². The Balaban J connectivity index is 1.44. The van der Waals surface area contributed by atoms with E-state index in [-0.39, 0.29) is 17.2 Å². The van der Waals surface area contributed by atoms with Gasteiger partial charge in [0.05, 0.1) is 11.7 Å². The third kappa shape index (κ3) is 6.54. The number of hydrogen-bond donors (Lipinski definition) is 0. The molecule has 1 heterocycles. The van der Waals surface area contributed by atoms with Gasteiger partial charge in [-0.25, -0.2) is 0 Å². The van der Waals surface area contributed by atoms with E-state index in [4.69, 9.17) is 4.74 Å². The molecule has 0 aromatic heterocycles. The van der Waals surface area contributed by atoms with Gasteiger partial charge in [0.25, 0.3) is 0 Å². The summed E-state index contributed by atoms with van der Waals surface area (Å²) < 4.78 is 5.99. The highest BCUT2D eigenvalue weighted by atomic mass is 16.6. The number of ether oxygens (including phenoxy) is 1. The Hall–Kier alpha value is -2.52. The molecule has 3 heteroatoms. The quantitative estimate of drug-likeness (QED) is 0.247. The number of benzene rings is 1. The molecule has 0 spiro atoms. The van der Waals surface area contributed by atoms with Crippen LogP contribution in [0, 0.1) is 0 Å². The molecule has 0 saturated carbocycles. The molecule has 2 aliphatic rings. The number of epoxide rings is 1. The second-order valence-corrected chi connectivity index (χ2v) is 10.4. The monoisotopic (exact) mass is 460 g/mol. The van der Waals surface area contributed by atoms with Crippen molar-refractivity contribution in [3.63, 3.8) is 0 Å². The Morgan fingerprint density at radius 3 is 2.24 bits per heavy atom. The predicted octanol–water partition coefficient (Wildman–Crippen LogP) is 8.13. The molecule has 1 aromatic rings. The fourth-order valence-corrected chi connectivity index (χ4v) is 4.70. The zero-order valence-corrected chi connectivity index (χ0v) is 21.8. The van der Waals surface area contributed by atoms with Gasteiger partial charge in [-0.3, -0.25) is 9.59 Å². The number of Topliss-reactive ketones (excluding diaryl/α,β-unsaturated/α-hetero) is 2. The fourth-order valence-electron chi connectivity index (χ4n) is 4.70. The average Bonchev–Trinajstić information content (AvgIpc) is 3.45. The number of ketones is 2. The van der Waals surface area contributed by atoms with Crippen molar-refractivity contribution >= 4 is 11.6 Å². The Morgan fingerprint density at radius 2 is 1.56 bits per heavy atom. The first-order valence-electron chi connectivity index (χ1n) is 12.6. The molecule has 3 rings (SSSR count). The molecule has 1 aliphatic carbocycles. The van der Waals surface area contributed by atoms with Crippen LogP contribution in [-0.2, 0) is 4.74 Å². The summed E-state index contributed by atoms with van der Waals surface area (Å²) in [7, 11) is 0. The minimum atomic E-state index is -0.0255. The van der Waals surface area contributed by atoms with E-state index in [9.17, 15) is 9.59 Å². The van der Waals surface area contributed by atoms with Crippen molar-refractivity contribution < 1.29 is 14.3 Å². The van der Waals surface area contributed by atoms with Gasteiger partial charge >= 0.3 is 0 Å². The molecule has 0 bridgehead atoms. The fraction of sp³-hybridized carbons (Fsp3) is 0.484. The zero-order valence-electron chi connectivity index (χ0n) is 21.8. The van der Waals surface area contributed by atoms with Gasteiger partial charge in [0.2, 0.25) is 0 Å². The lowest BCUT2D eigenvalue weighted by molar-refractivity contribution is 0.0973. The number of carbonyl (C=O) groups is 2. The van der Waals surface area contributed by atoms with E-state index in [0.29, 0.717) is 34.8 Å². The highest BCUT2D eigenvalue weighted by Gasteiger charge is 2.50. The predicted molar refractivity (Wildman–Crippen MR) is 140 cm³/mol. The van der Waals surface area contributed by atoms with E-state index < -0.39 is 0 Å². The number of carbonyl (C=O) groups excluding carboxylic acids is 2. The van der Waals surface area contributed by atoms with Crippen molar-refractivity contribution in [3.05, 3.63) is 81.5 Å². The van der Waals surface area contributed by atoms with Crippen LogP contribution in [0.3, 0.4) is 0 Å². The third-order valence-electron chi connectivity index (χ3n) is 7.20. The van der Waals surface area contributed by atoms with Gasteiger partial charge in [-0.1, -0.05) is 59.2 Å². The Labute approximate surface area is 205 Å². The summed E-state index contributed by atoms with van der Waals surface area (Å²) >= 11 is 0. The van der Waals surface area contributed by atoms with E-state index in [1.165, 1.54) is 16.7 Å². The Morgan fingerprint density at radius 1 is 0.912 bits per heavy atom. The SMILES string of the molecule is CC(C)=CCCC1(C)OC1CC/C(C)=C/CC/C(C)=C/CC1=C(C)C(=O)c2ccccc2C1=O. The minimum absolute atomic E-state index is 0.0114. The van der Waals surface area contributed by atoms with Gasteiger partial charge in [0, 0.05) is 22.3 Å². The molecule has 1 aromatic carbocycles. The number of rotatable bonds is 11.